The molecule has 1 heterocycles. The Labute approximate surface area is 156 Å². The molecule has 158 valence electrons. The number of aliphatic hydroxyl groups excluding tert-OH is 7. The molecule has 0 radical (unpaired) electrons. The van der Waals surface area contributed by atoms with E-state index in [0.29, 0.717) is 0 Å². The molecule has 7 N–H and O–H groups in total. The third-order valence-electron chi connectivity index (χ3n) is 3.97. The second-order valence-corrected chi connectivity index (χ2v) is 6.04. The van der Waals surface area contributed by atoms with Crippen molar-refractivity contribution < 1.29 is 54.7 Å². The third-order valence-corrected chi connectivity index (χ3v) is 3.97. The third kappa shape index (κ3) is 6.60. The molecule has 27 heavy (non-hydrogen) atoms. The average Bonchev–Trinajstić information content (AvgIpc) is 2.66. The second kappa shape index (κ2) is 11.8. The number of hydrogen-bond acceptors (Lipinski definition) is 11. The lowest BCUT2D eigenvalue weighted by Gasteiger charge is -2.43. The van der Waals surface area contributed by atoms with Crippen molar-refractivity contribution in [3.05, 3.63) is 0 Å². The van der Waals surface area contributed by atoms with Crippen LogP contribution in [0.2, 0.25) is 0 Å². The van der Waals surface area contributed by atoms with Gasteiger partial charge in [-0.2, -0.15) is 0 Å². The standard InChI is InChI=1S/C16H28O11/c1-3-4-24-16-13(23)12(22)14(11(7-19)26-16)27-15(9(21)5-17)25-10(6-18)8(2)20/h1,8-23H,4-7H2,2H3/t8-,9+,10?,11+,12?,13?,14?,15?,16-/m1/s1. The van der Waals surface area contributed by atoms with Crippen molar-refractivity contribution in [2.75, 3.05) is 26.4 Å². The van der Waals surface area contributed by atoms with Crippen LogP contribution in [0.3, 0.4) is 0 Å². The zero-order valence-electron chi connectivity index (χ0n) is 14.9. The van der Waals surface area contributed by atoms with E-state index in [1.54, 1.807) is 0 Å². The summed E-state index contributed by atoms with van der Waals surface area (Å²) in [6, 6.07) is 0. The topological polar surface area (TPSA) is 179 Å². The SMILES string of the molecule is C#CCO[C@@H]1O[C@@H](CO)C(OC(OC(CO)[C@@H](C)O)[C@@H](O)CO)C(O)C1O. The van der Waals surface area contributed by atoms with Crippen LogP contribution in [-0.2, 0) is 18.9 Å². The minimum Gasteiger partial charge on any atom is -0.394 e. The fourth-order valence-corrected chi connectivity index (χ4v) is 2.42. The van der Waals surface area contributed by atoms with E-state index in [1.165, 1.54) is 6.92 Å². The minimum absolute atomic E-state index is 0.209. The first-order chi connectivity index (χ1) is 12.8. The quantitative estimate of drug-likeness (QED) is 0.133. The maximum absolute atomic E-state index is 10.3. The predicted octanol–water partition coefficient (Wildman–Crippen LogP) is -4.10. The Morgan fingerprint density at radius 3 is 2.26 bits per heavy atom. The lowest BCUT2D eigenvalue weighted by Crippen LogP contribution is -2.61. The van der Waals surface area contributed by atoms with E-state index in [4.69, 9.17) is 25.4 Å². The van der Waals surface area contributed by atoms with Gasteiger partial charge in [0, 0.05) is 0 Å². The van der Waals surface area contributed by atoms with Crippen LogP contribution in [0.1, 0.15) is 6.92 Å². The molecule has 0 amide bonds. The van der Waals surface area contributed by atoms with Crippen LogP contribution in [0.15, 0.2) is 0 Å². The van der Waals surface area contributed by atoms with E-state index < -0.39 is 75.1 Å². The van der Waals surface area contributed by atoms with Gasteiger partial charge in [-0.3, -0.25) is 0 Å². The van der Waals surface area contributed by atoms with E-state index >= 15 is 0 Å². The van der Waals surface area contributed by atoms with Gasteiger partial charge in [-0.05, 0) is 6.92 Å². The fourth-order valence-electron chi connectivity index (χ4n) is 2.42. The van der Waals surface area contributed by atoms with Crippen LogP contribution in [0.5, 0.6) is 0 Å². The first-order valence-corrected chi connectivity index (χ1v) is 8.36. The molecule has 0 aromatic rings. The average molecular weight is 396 g/mol. The molecular formula is C16H28O11. The monoisotopic (exact) mass is 396 g/mol. The highest BCUT2D eigenvalue weighted by atomic mass is 16.7. The molecule has 0 aliphatic carbocycles. The lowest BCUT2D eigenvalue weighted by molar-refractivity contribution is -0.340. The van der Waals surface area contributed by atoms with Gasteiger partial charge in [0.1, 0.15) is 43.2 Å². The van der Waals surface area contributed by atoms with Gasteiger partial charge in [0.25, 0.3) is 0 Å². The molecule has 1 rings (SSSR count). The van der Waals surface area contributed by atoms with Crippen molar-refractivity contribution in [2.45, 2.75) is 62.2 Å². The summed E-state index contributed by atoms with van der Waals surface area (Å²) in [5.41, 5.74) is 0. The van der Waals surface area contributed by atoms with E-state index in [9.17, 15) is 35.7 Å². The zero-order valence-corrected chi connectivity index (χ0v) is 14.9. The summed E-state index contributed by atoms with van der Waals surface area (Å²) < 4.78 is 21.1. The summed E-state index contributed by atoms with van der Waals surface area (Å²) in [5.74, 6) is 2.17. The van der Waals surface area contributed by atoms with E-state index in [2.05, 4.69) is 5.92 Å². The molecule has 1 aliphatic heterocycles. The highest BCUT2D eigenvalue weighted by Gasteiger charge is 2.47. The van der Waals surface area contributed by atoms with Gasteiger partial charge in [-0.25, -0.2) is 0 Å². The second-order valence-electron chi connectivity index (χ2n) is 6.04. The molecule has 9 atom stereocenters. The Balaban J connectivity index is 2.93. The molecule has 0 spiro atoms. The lowest BCUT2D eigenvalue weighted by atomic mass is 9.99. The van der Waals surface area contributed by atoms with Crippen molar-refractivity contribution in [1.29, 1.82) is 0 Å². The zero-order chi connectivity index (χ0) is 20.6. The molecule has 11 nitrogen and oxygen atoms in total. The Kier molecular flexibility index (Phi) is 10.6. The molecule has 0 saturated carbocycles. The van der Waals surface area contributed by atoms with Gasteiger partial charge in [-0.15, -0.1) is 6.42 Å². The predicted molar refractivity (Wildman–Crippen MR) is 87.9 cm³/mol. The number of aliphatic hydroxyl groups is 7. The summed E-state index contributed by atoms with van der Waals surface area (Å²) in [4.78, 5) is 0. The van der Waals surface area contributed by atoms with Crippen LogP contribution < -0.4 is 0 Å². The molecule has 1 fully saturated rings. The van der Waals surface area contributed by atoms with E-state index in [1.807, 2.05) is 0 Å². The largest absolute Gasteiger partial charge is 0.394 e. The van der Waals surface area contributed by atoms with Gasteiger partial charge >= 0.3 is 0 Å². The van der Waals surface area contributed by atoms with Gasteiger partial charge in [-0.1, -0.05) is 5.92 Å². The minimum atomic E-state index is -1.63. The van der Waals surface area contributed by atoms with Crippen LogP contribution in [0.25, 0.3) is 0 Å². The Morgan fingerprint density at radius 1 is 1.11 bits per heavy atom. The summed E-state index contributed by atoms with van der Waals surface area (Å²) in [6.45, 7) is -0.943. The van der Waals surface area contributed by atoms with Crippen molar-refractivity contribution in [1.82, 2.24) is 0 Å². The molecule has 11 heteroatoms. The first-order valence-electron chi connectivity index (χ1n) is 8.36. The van der Waals surface area contributed by atoms with Crippen LogP contribution >= 0.6 is 0 Å². The van der Waals surface area contributed by atoms with Gasteiger partial charge in [0.05, 0.1) is 25.9 Å². The molecule has 5 unspecified atom stereocenters. The smallest absolute Gasteiger partial charge is 0.187 e. The van der Waals surface area contributed by atoms with Crippen LogP contribution in [0.4, 0.5) is 0 Å². The number of rotatable bonds is 11. The van der Waals surface area contributed by atoms with Crippen molar-refractivity contribution in [3.8, 4) is 12.3 Å². The Morgan fingerprint density at radius 2 is 1.78 bits per heavy atom. The van der Waals surface area contributed by atoms with Crippen LogP contribution in [0, 0.1) is 12.3 Å². The normalized spacial score (nSPS) is 33.1. The number of terminal acetylenes is 1. The van der Waals surface area contributed by atoms with Gasteiger partial charge in [0.2, 0.25) is 0 Å². The first kappa shape index (κ1) is 24.2. The Bertz CT molecular complexity index is 452. The highest BCUT2D eigenvalue weighted by Crippen LogP contribution is 2.26. The van der Waals surface area contributed by atoms with E-state index in [0.717, 1.165) is 0 Å². The van der Waals surface area contributed by atoms with Crippen molar-refractivity contribution >= 4 is 0 Å². The summed E-state index contributed by atoms with van der Waals surface area (Å²) in [6.07, 6.45) is -7.60. The van der Waals surface area contributed by atoms with Gasteiger partial charge < -0.3 is 54.7 Å². The molecular weight excluding hydrogens is 368 g/mol. The van der Waals surface area contributed by atoms with Crippen molar-refractivity contribution in [2.24, 2.45) is 0 Å². The molecule has 0 aromatic carbocycles. The maximum Gasteiger partial charge on any atom is 0.187 e. The summed E-state index contributed by atoms with van der Waals surface area (Å²) >= 11 is 0. The molecule has 1 aliphatic rings. The van der Waals surface area contributed by atoms with Gasteiger partial charge in [0.15, 0.2) is 12.6 Å². The number of ether oxygens (including phenoxy) is 4. The van der Waals surface area contributed by atoms with Crippen molar-refractivity contribution in [3.63, 3.8) is 0 Å². The van der Waals surface area contributed by atoms with E-state index in [-0.39, 0.29) is 6.61 Å². The molecule has 1 saturated heterocycles. The molecule has 0 bridgehead atoms. The van der Waals surface area contributed by atoms with Crippen LogP contribution in [-0.4, -0.2) is 117 Å². The fraction of sp³-hybridized carbons (Fsp3) is 0.875. The highest BCUT2D eigenvalue weighted by molar-refractivity contribution is 4.92. The molecule has 0 aromatic heterocycles. The summed E-state index contributed by atoms with van der Waals surface area (Å²) in [5, 5.41) is 67.8. The number of hydrogen-bond donors (Lipinski definition) is 7. The summed E-state index contributed by atoms with van der Waals surface area (Å²) in [7, 11) is 0. The Hall–Kier alpha value is -0.880. The maximum atomic E-state index is 10.3.